The van der Waals surface area contributed by atoms with E-state index in [0.717, 1.165) is 18.2 Å². The van der Waals surface area contributed by atoms with Gasteiger partial charge in [0.05, 0.1) is 28.7 Å². The third-order valence-corrected chi connectivity index (χ3v) is 5.13. The predicted octanol–water partition coefficient (Wildman–Crippen LogP) is 3.22. The number of carbonyl (C=O) groups excluding carboxylic acids is 2. The van der Waals surface area contributed by atoms with Crippen LogP contribution in [0.25, 0.3) is 0 Å². The summed E-state index contributed by atoms with van der Waals surface area (Å²) in [5.74, 6) is -3.99. The Balaban J connectivity index is 2.65. The van der Waals surface area contributed by atoms with E-state index in [9.17, 15) is 43.0 Å². The van der Waals surface area contributed by atoms with Crippen LogP contribution in [-0.4, -0.2) is 47.5 Å². The predicted molar refractivity (Wildman–Crippen MR) is 120 cm³/mol. The molecule has 208 valence electrons. The number of carbonyl (C=O) groups is 2. The van der Waals surface area contributed by atoms with Crippen molar-refractivity contribution in [1.82, 2.24) is 5.32 Å². The first-order valence-corrected chi connectivity index (χ1v) is 10.9. The number of alkyl halides is 3. The van der Waals surface area contributed by atoms with Crippen LogP contribution in [0.2, 0.25) is 0 Å². The number of hydrogen-bond acceptors (Lipinski definition) is 11. The molecule has 1 N–H and O–H groups in total. The second-order valence-electron chi connectivity index (χ2n) is 8.24. The molecule has 38 heavy (non-hydrogen) atoms. The number of esters is 2. The molecule has 0 saturated heterocycles. The molecule has 16 heteroatoms. The normalized spacial score (nSPS) is 15.8. The fourth-order valence-corrected chi connectivity index (χ4v) is 3.75. The SMILES string of the molecule is CC1=C(C(=O)OC(C)C)C(c2ccccc2C(F)(F)F)C(C(=O)OC(CO[N+](=O)[O-])CO[N+](=O)[O-])=C(C)N1. The van der Waals surface area contributed by atoms with Crippen LogP contribution in [0.15, 0.2) is 46.8 Å². The molecule has 1 aromatic carbocycles. The first-order valence-electron chi connectivity index (χ1n) is 10.9. The van der Waals surface area contributed by atoms with Crippen LogP contribution in [0.4, 0.5) is 13.2 Å². The summed E-state index contributed by atoms with van der Waals surface area (Å²) < 4.78 is 52.3. The lowest BCUT2D eigenvalue weighted by molar-refractivity contribution is -0.768. The van der Waals surface area contributed by atoms with E-state index in [0.29, 0.717) is 0 Å². The van der Waals surface area contributed by atoms with Crippen molar-refractivity contribution in [1.29, 1.82) is 0 Å². The Morgan fingerprint density at radius 3 is 1.87 bits per heavy atom. The summed E-state index contributed by atoms with van der Waals surface area (Å²) >= 11 is 0. The molecule has 1 aliphatic heterocycles. The summed E-state index contributed by atoms with van der Waals surface area (Å²) in [5.41, 5.74) is -2.28. The molecule has 1 unspecified atom stereocenters. The molecule has 0 aliphatic carbocycles. The van der Waals surface area contributed by atoms with Gasteiger partial charge in [-0.05, 0) is 39.3 Å². The van der Waals surface area contributed by atoms with Crippen molar-refractivity contribution in [2.75, 3.05) is 13.2 Å². The summed E-state index contributed by atoms with van der Waals surface area (Å²) in [4.78, 5) is 55.8. The van der Waals surface area contributed by atoms with Gasteiger partial charge in [-0.15, -0.1) is 20.2 Å². The van der Waals surface area contributed by atoms with Crippen molar-refractivity contribution in [2.45, 2.75) is 52.0 Å². The molecule has 0 saturated carbocycles. The van der Waals surface area contributed by atoms with Gasteiger partial charge in [0.15, 0.2) is 0 Å². The first kappa shape index (κ1) is 29.9. The number of nitrogens with zero attached hydrogens (tertiary/aromatic N) is 2. The van der Waals surface area contributed by atoms with Gasteiger partial charge in [0.2, 0.25) is 0 Å². The average Bonchev–Trinajstić information content (AvgIpc) is 2.78. The second-order valence-corrected chi connectivity index (χ2v) is 8.24. The lowest BCUT2D eigenvalue weighted by atomic mass is 9.78. The molecule has 1 heterocycles. The van der Waals surface area contributed by atoms with E-state index in [1.807, 2.05) is 0 Å². The van der Waals surface area contributed by atoms with Gasteiger partial charge in [-0.3, -0.25) is 0 Å². The van der Waals surface area contributed by atoms with Gasteiger partial charge in [0.25, 0.3) is 10.2 Å². The molecule has 0 amide bonds. The van der Waals surface area contributed by atoms with Crippen molar-refractivity contribution >= 4 is 11.9 Å². The molecular formula is C22H24F3N3O10. The van der Waals surface area contributed by atoms with Crippen LogP contribution in [0.1, 0.15) is 44.7 Å². The minimum absolute atomic E-state index is 0.000265. The Morgan fingerprint density at radius 1 is 0.947 bits per heavy atom. The fraction of sp³-hybridized carbons (Fsp3) is 0.455. The molecular weight excluding hydrogens is 523 g/mol. The van der Waals surface area contributed by atoms with E-state index in [-0.39, 0.29) is 17.0 Å². The van der Waals surface area contributed by atoms with Gasteiger partial charge in [-0.1, -0.05) is 18.2 Å². The maximum absolute atomic E-state index is 14.0. The van der Waals surface area contributed by atoms with E-state index in [2.05, 4.69) is 15.0 Å². The maximum atomic E-state index is 14.0. The molecule has 0 fully saturated rings. The smallest absolute Gasteiger partial charge is 0.416 e. The fourth-order valence-electron chi connectivity index (χ4n) is 3.75. The number of dihydropyridines is 1. The van der Waals surface area contributed by atoms with E-state index in [4.69, 9.17) is 9.47 Å². The van der Waals surface area contributed by atoms with Gasteiger partial charge >= 0.3 is 18.1 Å². The molecule has 2 rings (SSSR count). The number of nitrogens with one attached hydrogen (secondary N) is 1. The Bertz CT molecular complexity index is 1150. The standard InChI is InChI=1S/C22H24F3N3O10/c1-11(2)37-20(29)17-12(3)26-13(4)18(19(17)15-7-5-6-8-16(15)22(23,24)25)21(30)38-14(9-35-27(31)32)10-36-28(33)34/h5-8,11,14,19,26H,9-10H2,1-4H3. The Morgan fingerprint density at radius 2 is 1.42 bits per heavy atom. The highest BCUT2D eigenvalue weighted by Gasteiger charge is 2.43. The lowest BCUT2D eigenvalue weighted by Crippen LogP contribution is -2.37. The summed E-state index contributed by atoms with van der Waals surface area (Å²) in [5, 5.41) is 21.4. The Hall–Kier alpha value is -4.37. The van der Waals surface area contributed by atoms with Crippen molar-refractivity contribution in [3.8, 4) is 0 Å². The van der Waals surface area contributed by atoms with Gasteiger partial charge in [-0.2, -0.15) is 13.2 Å². The highest BCUT2D eigenvalue weighted by Crippen LogP contribution is 2.44. The van der Waals surface area contributed by atoms with Crippen molar-refractivity contribution in [3.05, 3.63) is 78.2 Å². The summed E-state index contributed by atoms with van der Waals surface area (Å²) in [7, 11) is 0. The first-order chi connectivity index (χ1) is 17.6. The maximum Gasteiger partial charge on any atom is 0.416 e. The number of allylic oxidation sites excluding steroid dienone is 2. The number of ether oxygens (including phenoxy) is 2. The van der Waals surface area contributed by atoms with E-state index in [1.165, 1.54) is 33.8 Å². The highest BCUT2D eigenvalue weighted by molar-refractivity contribution is 6.00. The molecule has 0 bridgehead atoms. The zero-order valence-corrected chi connectivity index (χ0v) is 20.6. The topological polar surface area (TPSA) is 169 Å². The number of hydrogen-bond donors (Lipinski definition) is 1. The minimum Gasteiger partial charge on any atom is -0.460 e. The van der Waals surface area contributed by atoms with Gasteiger partial charge in [0, 0.05) is 11.4 Å². The minimum atomic E-state index is -4.88. The van der Waals surface area contributed by atoms with Crippen molar-refractivity contribution in [3.63, 3.8) is 0 Å². The molecule has 0 spiro atoms. The second kappa shape index (κ2) is 12.2. The largest absolute Gasteiger partial charge is 0.460 e. The van der Waals surface area contributed by atoms with Gasteiger partial charge in [0.1, 0.15) is 19.3 Å². The Kier molecular flexibility index (Phi) is 9.62. The molecule has 1 atom stereocenters. The van der Waals surface area contributed by atoms with Gasteiger partial charge in [-0.25, -0.2) is 9.59 Å². The van der Waals surface area contributed by atoms with E-state index in [1.54, 1.807) is 0 Å². The quantitative estimate of drug-likeness (QED) is 0.245. The van der Waals surface area contributed by atoms with Crippen LogP contribution < -0.4 is 5.32 Å². The van der Waals surface area contributed by atoms with Crippen LogP contribution in [0.3, 0.4) is 0 Å². The van der Waals surface area contributed by atoms with Crippen LogP contribution >= 0.6 is 0 Å². The zero-order chi connectivity index (χ0) is 28.8. The molecule has 1 aromatic rings. The Labute approximate surface area is 213 Å². The average molecular weight is 547 g/mol. The number of rotatable bonds is 11. The van der Waals surface area contributed by atoms with Crippen LogP contribution in [0.5, 0.6) is 0 Å². The molecule has 13 nitrogen and oxygen atoms in total. The van der Waals surface area contributed by atoms with E-state index < -0.39 is 76.3 Å². The monoisotopic (exact) mass is 547 g/mol. The number of benzene rings is 1. The summed E-state index contributed by atoms with van der Waals surface area (Å²) in [6.07, 6.45) is -7.26. The van der Waals surface area contributed by atoms with Crippen LogP contribution in [0, 0.1) is 20.2 Å². The van der Waals surface area contributed by atoms with E-state index >= 15 is 0 Å². The highest BCUT2D eigenvalue weighted by atomic mass is 19.4. The van der Waals surface area contributed by atoms with Crippen LogP contribution in [-0.2, 0) is 34.9 Å². The van der Waals surface area contributed by atoms with Gasteiger partial charge < -0.3 is 24.5 Å². The third-order valence-electron chi connectivity index (χ3n) is 5.13. The molecule has 0 aromatic heterocycles. The number of halogens is 3. The summed E-state index contributed by atoms with van der Waals surface area (Å²) in [6, 6.07) is 4.27. The molecule has 1 aliphatic rings. The van der Waals surface area contributed by atoms with Crippen molar-refractivity contribution < 1.29 is 52.1 Å². The third kappa shape index (κ3) is 7.57. The summed E-state index contributed by atoms with van der Waals surface area (Å²) in [6.45, 7) is 3.83. The zero-order valence-electron chi connectivity index (χ0n) is 20.6. The lowest BCUT2D eigenvalue weighted by Gasteiger charge is -2.32. The molecule has 0 radical (unpaired) electrons. The van der Waals surface area contributed by atoms with Crippen molar-refractivity contribution in [2.24, 2.45) is 0 Å².